The van der Waals surface area contributed by atoms with Gasteiger partial charge in [-0.15, -0.1) is 0 Å². The van der Waals surface area contributed by atoms with Crippen LogP contribution < -0.4 is 4.90 Å². The predicted octanol–water partition coefficient (Wildman–Crippen LogP) is 2.94. The van der Waals surface area contributed by atoms with Crippen molar-refractivity contribution in [3.63, 3.8) is 0 Å². The number of nitrogens with zero attached hydrogens (tertiary/aromatic N) is 1. The van der Waals surface area contributed by atoms with Crippen LogP contribution in [0.1, 0.15) is 6.92 Å². The zero-order valence-electron chi connectivity index (χ0n) is 7.14. The van der Waals surface area contributed by atoms with Crippen molar-refractivity contribution in [2.24, 2.45) is 0 Å². The Bertz CT molecular complexity index is 255. The van der Waals surface area contributed by atoms with E-state index in [9.17, 15) is 4.39 Å². The Morgan fingerprint density at radius 2 is 2.08 bits per heavy atom. The van der Waals surface area contributed by atoms with Gasteiger partial charge in [0, 0.05) is 24.3 Å². The summed E-state index contributed by atoms with van der Waals surface area (Å²) in [6.45, 7) is 2.83. The van der Waals surface area contributed by atoms with Crippen LogP contribution in [0, 0.1) is 5.82 Å². The lowest BCUT2D eigenvalue weighted by atomic mass is 10.3. The van der Waals surface area contributed by atoms with Gasteiger partial charge in [0.1, 0.15) is 5.82 Å². The molecule has 0 aliphatic heterocycles. The Labute approximate surface area is 76.8 Å². The fourth-order valence-electron chi connectivity index (χ4n) is 0.942. The number of hydrogen-bond donors (Lipinski definition) is 0. The summed E-state index contributed by atoms with van der Waals surface area (Å²) in [4.78, 5) is 1.93. The van der Waals surface area contributed by atoms with Gasteiger partial charge in [0.2, 0.25) is 0 Å². The molecule has 3 heteroatoms. The van der Waals surface area contributed by atoms with E-state index in [2.05, 4.69) is 0 Å². The molecule has 1 rings (SSSR count). The summed E-state index contributed by atoms with van der Waals surface area (Å²) < 4.78 is 12.8. The molecule has 0 heterocycles. The van der Waals surface area contributed by atoms with Crippen molar-refractivity contribution in [3.05, 3.63) is 29.0 Å². The van der Waals surface area contributed by atoms with Crippen molar-refractivity contribution >= 4 is 17.3 Å². The van der Waals surface area contributed by atoms with Crippen LogP contribution in [0.2, 0.25) is 5.02 Å². The normalized spacial score (nSPS) is 10.0. The summed E-state index contributed by atoms with van der Waals surface area (Å²) in [6.07, 6.45) is 0. The van der Waals surface area contributed by atoms with E-state index >= 15 is 0 Å². The Morgan fingerprint density at radius 1 is 1.42 bits per heavy atom. The third-order valence-corrected chi connectivity index (χ3v) is 1.98. The van der Waals surface area contributed by atoms with Crippen LogP contribution in [0.15, 0.2) is 18.2 Å². The summed E-state index contributed by atoms with van der Waals surface area (Å²) in [5.74, 6) is -0.294. The smallest absolute Gasteiger partial charge is 0.126 e. The molecular formula is C9H11ClFN. The first kappa shape index (κ1) is 9.33. The maximum atomic E-state index is 12.8. The lowest BCUT2D eigenvalue weighted by Crippen LogP contribution is -2.15. The maximum Gasteiger partial charge on any atom is 0.126 e. The lowest BCUT2D eigenvalue weighted by Gasteiger charge is -2.16. The SMILES string of the molecule is CCN(C)c1cc(F)cc(Cl)c1. The van der Waals surface area contributed by atoms with Gasteiger partial charge in [-0.3, -0.25) is 0 Å². The first-order valence-electron chi connectivity index (χ1n) is 3.80. The fraction of sp³-hybridized carbons (Fsp3) is 0.333. The van der Waals surface area contributed by atoms with Gasteiger partial charge in [0.25, 0.3) is 0 Å². The summed E-state index contributed by atoms with van der Waals surface area (Å²) in [5.41, 5.74) is 0.808. The molecule has 1 nitrogen and oxygen atoms in total. The fourth-order valence-corrected chi connectivity index (χ4v) is 1.16. The highest BCUT2D eigenvalue weighted by molar-refractivity contribution is 6.30. The molecule has 0 radical (unpaired) electrons. The molecular weight excluding hydrogens is 177 g/mol. The summed E-state index contributed by atoms with van der Waals surface area (Å²) in [7, 11) is 1.89. The third kappa shape index (κ3) is 2.11. The topological polar surface area (TPSA) is 3.24 Å². The van der Waals surface area contributed by atoms with Crippen LogP contribution in [0.4, 0.5) is 10.1 Å². The minimum absolute atomic E-state index is 0.294. The molecule has 0 atom stereocenters. The molecule has 0 aliphatic rings. The van der Waals surface area contributed by atoms with Gasteiger partial charge in [-0.25, -0.2) is 4.39 Å². The van der Waals surface area contributed by atoms with Crippen molar-refractivity contribution in [1.82, 2.24) is 0 Å². The highest BCUT2D eigenvalue weighted by Gasteiger charge is 2.01. The standard InChI is InChI=1S/C9H11ClFN/c1-3-12(2)9-5-7(10)4-8(11)6-9/h4-6H,3H2,1-2H3. The Hall–Kier alpha value is -0.760. The van der Waals surface area contributed by atoms with Crippen LogP contribution in [0.5, 0.6) is 0 Å². The highest BCUT2D eigenvalue weighted by Crippen LogP contribution is 2.20. The number of halogens is 2. The van der Waals surface area contributed by atoms with Crippen molar-refractivity contribution in [2.75, 3.05) is 18.5 Å². The summed E-state index contributed by atoms with van der Waals surface area (Å²) >= 11 is 5.68. The van der Waals surface area contributed by atoms with Crippen LogP contribution in [0.25, 0.3) is 0 Å². The molecule has 0 aliphatic carbocycles. The molecule has 0 saturated heterocycles. The van der Waals surface area contributed by atoms with Gasteiger partial charge >= 0.3 is 0 Å². The monoisotopic (exact) mass is 187 g/mol. The predicted molar refractivity (Wildman–Crippen MR) is 50.4 cm³/mol. The molecule has 0 spiro atoms. The zero-order chi connectivity index (χ0) is 9.14. The largest absolute Gasteiger partial charge is 0.375 e. The second-order valence-electron chi connectivity index (χ2n) is 2.64. The molecule has 66 valence electrons. The molecule has 0 aromatic heterocycles. The average Bonchev–Trinajstić information content (AvgIpc) is 2.01. The molecule has 1 aromatic carbocycles. The van der Waals surface area contributed by atoms with Crippen LogP contribution >= 0.6 is 11.6 Å². The number of benzene rings is 1. The summed E-state index contributed by atoms with van der Waals surface area (Å²) in [6, 6.07) is 4.51. The average molecular weight is 188 g/mol. The van der Waals surface area contributed by atoms with E-state index in [1.165, 1.54) is 12.1 Å². The number of anilines is 1. The van der Waals surface area contributed by atoms with Crippen molar-refractivity contribution in [1.29, 1.82) is 0 Å². The first-order valence-corrected chi connectivity index (χ1v) is 4.18. The number of hydrogen-bond acceptors (Lipinski definition) is 1. The first-order chi connectivity index (χ1) is 5.63. The molecule has 12 heavy (non-hydrogen) atoms. The minimum atomic E-state index is -0.294. The molecule has 0 unspecified atom stereocenters. The second-order valence-corrected chi connectivity index (χ2v) is 3.08. The van der Waals surface area contributed by atoms with Crippen molar-refractivity contribution in [3.8, 4) is 0 Å². The van der Waals surface area contributed by atoms with E-state index in [0.717, 1.165) is 12.2 Å². The Morgan fingerprint density at radius 3 is 2.58 bits per heavy atom. The van der Waals surface area contributed by atoms with Crippen molar-refractivity contribution < 1.29 is 4.39 Å². The zero-order valence-corrected chi connectivity index (χ0v) is 7.90. The highest BCUT2D eigenvalue weighted by atomic mass is 35.5. The minimum Gasteiger partial charge on any atom is -0.375 e. The second kappa shape index (κ2) is 3.76. The quantitative estimate of drug-likeness (QED) is 0.688. The van der Waals surface area contributed by atoms with Gasteiger partial charge < -0.3 is 4.90 Å². The van der Waals surface area contributed by atoms with Gasteiger partial charge in [-0.05, 0) is 25.1 Å². The molecule has 0 bridgehead atoms. The van der Waals surface area contributed by atoms with Crippen LogP contribution in [-0.2, 0) is 0 Å². The van der Waals surface area contributed by atoms with E-state index in [4.69, 9.17) is 11.6 Å². The van der Waals surface area contributed by atoms with Gasteiger partial charge in [0.15, 0.2) is 0 Å². The van der Waals surface area contributed by atoms with Gasteiger partial charge in [0.05, 0.1) is 0 Å². The number of rotatable bonds is 2. The van der Waals surface area contributed by atoms with E-state index in [0.29, 0.717) is 5.02 Å². The molecule has 0 N–H and O–H groups in total. The maximum absolute atomic E-state index is 12.8. The van der Waals surface area contributed by atoms with E-state index in [-0.39, 0.29) is 5.82 Å². The van der Waals surface area contributed by atoms with Crippen LogP contribution in [0.3, 0.4) is 0 Å². The van der Waals surface area contributed by atoms with E-state index < -0.39 is 0 Å². The lowest BCUT2D eigenvalue weighted by molar-refractivity contribution is 0.627. The third-order valence-electron chi connectivity index (χ3n) is 1.76. The Balaban J connectivity index is 3.00. The molecule has 0 amide bonds. The summed E-state index contributed by atoms with van der Waals surface area (Å²) in [5, 5.41) is 0.435. The van der Waals surface area contributed by atoms with E-state index in [1.807, 2.05) is 18.9 Å². The van der Waals surface area contributed by atoms with Crippen LogP contribution in [-0.4, -0.2) is 13.6 Å². The molecule has 1 aromatic rings. The molecule has 0 fully saturated rings. The van der Waals surface area contributed by atoms with Gasteiger partial charge in [-0.1, -0.05) is 11.6 Å². The van der Waals surface area contributed by atoms with Crippen molar-refractivity contribution in [2.45, 2.75) is 6.92 Å². The van der Waals surface area contributed by atoms with E-state index in [1.54, 1.807) is 6.07 Å². The molecule has 0 saturated carbocycles. The van der Waals surface area contributed by atoms with Gasteiger partial charge in [-0.2, -0.15) is 0 Å². The Kier molecular flexibility index (Phi) is 2.93.